The highest BCUT2D eigenvalue weighted by molar-refractivity contribution is 7.60. The van der Waals surface area contributed by atoms with Crippen LogP contribution in [-0.4, -0.2) is 24.9 Å². The van der Waals surface area contributed by atoms with Gasteiger partial charge in [0.2, 0.25) is 5.88 Å². The van der Waals surface area contributed by atoms with Crippen LogP contribution in [0, 0.1) is 0 Å². The minimum atomic E-state index is -4.51. The van der Waals surface area contributed by atoms with Gasteiger partial charge in [0.05, 0.1) is 5.52 Å². The summed E-state index contributed by atoms with van der Waals surface area (Å²) in [7, 11) is -4.51. The fourth-order valence-corrected chi connectivity index (χ4v) is 4.28. The minimum absolute atomic E-state index is 0.0632. The number of rotatable bonds is 3. The Labute approximate surface area is 177 Å². The first-order chi connectivity index (χ1) is 14.9. The van der Waals surface area contributed by atoms with Gasteiger partial charge in [0, 0.05) is 28.8 Å². The highest BCUT2D eigenvalue weighted by Crippen LogP contribution is 2.38. The molecule has 2 heterocycles. The Balaban J connectivity index is 1.86. The number of hydrogen-bond acceptors (Lipinski definition) is 4. The number of fused-ring (bicyclic) bond motifs is 2. The summed E-state index contributed by atoms with van der Waals surface area (Å²) in [4.78, 5) is 27.6. The van der Waals surface area contributed by atoms with Gasteiger partial charge in [0.25, 0.3) is 0 Å². The van der Waals surface area contributed by atoms with E-state index >= 15 is 0 Å². The van der Waals surface area contributed by atoms with Crippen molar-refractivity contribution in [2.24, 2.45) is 0 Å². The van der Waals surface area contributed by atoms with Crippen LogP contribution in [0.5, 0.6) is 5.88 Å². The highest BCUT2D eigenvalue weighted by Gasteiger charge is 2.21. The number of nitrogens with zero attached hydrogens (tertiary/aromatic N) is 2. The molecule has 0 radical (unpaired) electrons. The fraction of sp³-hybridized carbons (Fsp3) is 0. The predicted octanol–water partition coefficient (Wildman–Crippen LogP) is 4.63. The molecule has 0 bridgehead atoms. The van der Waals surface area contributed by atoms with Crippen molar-refractivity contribution < 1.29 is 19.5 Å². The van der Waals surface area contributed by atoms with E-state index in [1.165, 1.54) is 12.1 Å². The smallest absolute Gasteiger partial charge is 0.374 e. The van der Waals surface area contributed by atoms with Crippen LogP contribution in [0.2, 0.25) is 0 Å². The normalized spacial score (nSPS) is 11.8. The van der Waals surface area contributed by atoms with Gasteiger partial charge in [-0.2, -0.15) is 0 Å². The molecule has 0 amide bonds. The van der Waals surface area contributed by atoms with E-state index in [2.05, 4.69) is 9.97 Å². The Bertz CT molecular complexity index is 1490. The van der Waals surface area contributed by atoms with E-state index in [0.29, 0.717) is 5.52 Å². The first-order valence-electron chi connectivity index (χ1n) is 9.54. The number of pyridine rings is 2. The van der Waals surface area contributed by atoms with E-state index in [1.807, 2.05) is 54.6 Å². The first-order valence-corrected chi connectivity index (χ1v) is 11.2. The summed E-state index contributed by atoms with van der Waals surface area (Å²) in [5.74, 6) is -0.0632. The Hall–Kier alpha value is -3.57. The Kier molecular flexibility index (Phi) is 4.56. The van der Waals surface area contributed by atoms with E-state index in [-0.39, 0.29) is 11.3 Å². The Morgan fingerprint density at radius 3 is 2.32 bits per heavy atom. The lowest BCUT2D eigenvalue weighted by atomic mass is 9.93. The van der Waals surface area contributed by atoms with Crippen molar-refractivity contribution in [1.29, 1.82) is 0 Å². The van der Waals surface area contributed by atoms with Crippen molar-refractivity contribution in [1.82, 2.24) is 9.97 Å². The molecule has 0 spiro atoms. The molecule has 152 valence electrons. The van der Waals surface area contributed by atoms with E-state index < -0.39 is 7.60 Å². The molecular weight excluding hydrogens is 411 g/mol. The van der Waals surface area contributed by atoms with Crippen molar-refractivity contribution in [3.05, 3.63) is 85.1 Å². The molecule has 5 rings (SSSR count). The zero-order valence-corrected chi connectivity index (χ0v) is 17.1. The number of aromatic nitrogens is 2. The highest BCUT2D eigenvalue weighted by atomic mass is 31.2. The second kappa shape index (κ2) is 7.29. The Morgan fingerprint density at radius 2 is 1.55 bits per heavy atom. The van der Waals surface area contributed by atoms with Crippen LogP contribution in [0.1, 0.15) is 0 Å². The van der Waals surface area contributed by atoms with Crippen LogP contribution in [0.4, 0.5) is 0 Å². The van der Waals surface area contributed by atoms with Crippen LogP contribution < -0.4 is 5.44 Å². The molecule has 0 saturated carbocycles. The van der Waals surface area contributed by atoms with Crippen LogP contribution in [0.15, 0.2) is 85.1 Å². The summed E-state index contributed by atoms with van der Waals surface area (Å²) in [5.41, 5.74) is 3.57. The molecule has 31 heavy (non-hydrogen) atoms. The molecule has 2 aromatic heterocycles. The fourth-order valence-electron chi connectivity index (χ4n) is 3.78. The molecule has 0 fully saturated rings. The van der Waals surface area contributed by atoms with E-state index in [9.17, 15) is 19.5 Å². The maximum Gasteiger partial charge on any atom is 0.374 e. The average Bonchev–Trinajstić information content (AvgIpc) is 2.77. The largest absolute Gasteiger partial charge is 0.493 e. The molecule has 0 atom stereocenters. The molecule has 3 N–H and O–H groups in total. The lowest BCUT2D eigenvalue weighted by molar-refractivity contribution is 0.386. The van der Waals surface area contributed by atoms with E-state index in [1.54, 1.807) is 18.3 Å². The van der Waals surface area contributed by atoms with Gasteiger partial charge in [-0.15, -0.1) is 0 Å². The second-order valence-corrected chi connectivity index (χ2v) is 8.79. The zero-order chi connectivity index (χ0) is 21.6. The summed E-state index contributed by atoms with van der Waals surface area (Å²) in [6.07, 6.45) is 1.58. The van der Waals surface area contributed by atoms with E-state index in [0.717, 1.165) is 38.4 Å². The minimum Gasteiger partial charge on any atom is -0.493 e. The molecule has 5 aromatic rings. The van der Waals surface area contributed by atoms with Crippen molar-refractivity contribution in [2.75, 3.05) is 0 Å². The van der Waals surface area contributed by atoms with Gasteiger partial charge in [0.15, 0.2) is 5.44 Å². The maximum atomic E-state index is 11.9. The first kappa shape index (κ1) is 19.4. The molecule has 0 aliphatic heterocycles. The third-order valence-electron chi connectivity index (χ3n) is 5.24. The Morgan fingerprint density at radius 1 is 0.742 bits per heavy atom. The number of benzene rings is 3. The van der Waals surface area contributed by atoms with Crippen LogP contribution in [0.25, 0.3) is 43.9 Å². The van der Waals surface area contributed by atoms with Gasteiger partial charge in [-0.25, -0.2) is 9.97 Å². The summed E-state index contributed by atoms with van der Waals surface area (Å²) in [6.45, 7) is 0. The molecule has 3 aromatic carbocycles. The molecule has 0 saturated heterocycles. The third-order valence-corrected chi connectivity index (χ3v) is 6.08. The lowest BCUT2D eigenvalue weighted by Gasteiger charge is -2.14. The van der Waals surface area contributed by atoms with Gasteiger partial charge in [-0.1, -0.05) is 48.5 Å². The summed E-state index contributed by atoms with van der Waals surface area (Å²) in [5, 5.41) is 12.3. The summed E-state index contributed by atoms with van der Waals surface area (Å²) >= 11 is 0. The van der Waals surface area contributed by atoms with Crippen LogP contribution >= 0.6 is 7.60 Å². The second-order valence-electron chi connectivity index (χ2n) is 7.24. The third kappa shape index (κ3) is 3.57. The SMILES string of the molecule is O=P(O)(O)c1ccc2cc(-c3ccc(O)nc3)cc(-c3cccc4ccccc34)c2n1. The number of aromatic hydroxyl groups is 1. The zero-order valence-electron chi connectivity index (χ0n) is 16.2. The van der Waals surface area contributed by atoms with Crippen molar-refractivity contribution >= 4 is 34.7 Å². The van der Waals surface area contributed by atoms with Gasteiger partial charge in [-0.3, -0.25) is 4.57 Å². The monoisotopic (exact) mass is 428 g/mol. The lowest BCUT2D eigenvalue weighted by Crippen LogP contribution is -2.09. The maximum absolute atomic E-state index is 11.9. The molecule has 0 aliphatic rings. The summed E-state index contributed by atoms with van der Waals surface area (Å²) < 4.78 is 11.9. The topological polar surface area (TPSA) is 104 Å². The van der Waals surface area contributed by atoms with Crippen LogP contribution in [-0.2, 0) is 4.57 Å². The van der Waals surface area contributed by atoms with Crippen molar-refractivity contribution in [3.63, 3.8) is 0 Å². The van der Waals surface area contributed by atoms with Crippen LogP contribution in [0.3, 0.4) is 0 Å². The molecule has 7 heteroatoms. The molecule has 6 nitrogen and oxygen atoms in total. The average molecular weight is 428 g/mol. The number of hydrogen-bond donors (Lipinski definition) is 3. The quantitative estimate of drug-likeness (QED) is 0.362. The standard InChI is InChI=1S/C24H17N2O4P/c27-22-10-8-17(14-25-22)18-12-16-9-11-23(31(28,29)30)26-24(16)21(13-18)20-7-3-5-15-4-1-2-6-19(15)20/h1-14H,(H,25,27)(H2,28,29,30). The molecule has 0 unspecified atom stereocenters. The van der Waals surface area contributed by atoms with Crippen molar-refractivity contribution in [3.8, 4) is 28.1 Å². The molecule has 0 aliphatic carbocycles. The predicted molar refractivity (Wildman–Crippen MR) is 121 cm³/mol. The van der Waals surface area contributed by atoms with Gasteiger partial charge < -0.3 is 14.9 Å². The van der Waals surface area contributed by atoms with E-state index in [4.69, 9.17) is 0 Å². The molecular formula is C24H17N2O4P. The van der Waals surface area contributed by atoms with Gasteiger partial charge in [-0.05, 0) is 46.2 Å². The summed E-state index contributed by atoms with van der Waals surface area (Å²) in [6, 6.07) is 24.0. The van der Waals surface area contributed by atoms with Gasteiger partial charge >= 0.3 is 7.60 Å². The van der Waals surface area contributed by atoms with Crippen molar-refractivity contribution in [2.45, 2.75) is 0 Å². The van der Waals surface area contributed by atoms with Gasteiger partial charge in [0.1, 0.15) is 0 Å².